The van der Waals surface area contributed by atoms with E-state index in [2.05, 4.69) is 20.6 Å². The number of aromatic amines is 1. The minimum atomic E-state index is -0.470. The normalized spacial score (nSPS) is 14.6. The highest BCUT2D eigenvalue weighted by atomic mass is 35.5. The van der Waals surface area contributed by atoms with Crippen molar-refractivity contribution in [3.8, 4) is 5.75 Å². The zero-order valence-electron chi connectivity index (χ0n) is 14.1. The van der Waals surface area contributed by atoms with Gasteiger partial charge in [-0.15, -0.1) is 24.8 Å². The van der Waals surface area contributed by atoms with Gasteiger partial charge in [-0.05, 0) is 24.1 Å². The number of methoxy groups -OCH3 is 1. The molecule has 26 heavy (non-hydrogen) atoms. The number of nitrogens with one attached hydrogen (secondary N) is 3. The van der Waals surface area contributed by atoms with Crippen LogP contribution in [0.1, 0.15) is 12.0 Å². The Morgan fingerprint density at radius 3 is 2.65 bits per heavy atom. The third kappa shape index (κ3) is 4.80. The van der Waals surface area contributed by atoms with E-state index in [4.69, 9.17) is 10.5 Å². The third-order valence-corrected chi connectivity index (χ3v) is 3.94. The minimum Gasteiger partial charge on any atom is -0.497 e. The Morgan fingerprint density at radius 1 is 1.31 bits per heavy atom. The number of H-pyrrole nitrogens is 1. The second-order valence-corrected chi connectivity index (χ2v) is 5.57. The van der Waals surface area contributed by atoms with Crippen molar-refractivity contribution in [2.75, 3.05) is 30.0 Å². The van der Waals surface area contributed by atoms with Crippen molar-refractivity contribution in [3.05, 3.63) is 40.2 Å². The number of hydrogen-bond acceptors (Lipinski definition) is 7. The number of nitrogens with zero attached hydrogens (tertiary/aromatic N) is 1. The van der Waals surface area contributed by atoms with Crippen molar-refractivity contribution >= 4 is 48.1 Å². The van der Waals surface area contributed by atoms with Gasteiger partial charge in [-0.1, -0.05) is 12.1 Å². The molecule has 0 radical (unpaired) electrons. The number of aromatic nitrogens is 2. The van der Waals surface area contributed by atoms with Crippen molar-refractivity contribution < 1.29 is 9.53 Å². The highest BCUT2D eigenvalue weighted by Crippen LogP contribution is 2.21. The van der Waals surface area contributed by atoms with Crippen LogP contribution < -0.4 is 26.7 Å². The third-order valence-electron chi connectivity index (χ3n) is 3.94. The maximum atomic E-state index is 12.4. The topological polar surface area (TPSA) is 122 Å². The SMILES string of the molecule is COc1ccc(CCC(=O)C2CNc3nc(N)[nH]c(=O)c3N2)cc1.Cl.Cl. The summed E-state index contributed by atoms with van der Waals surface area (Å²) in [6.07, 6.45) is 1.01. The Balaban J connectivity index is 0.00000169. The molecular weight excluding hydrogens is 381 g/mol. The molecule has 1 unspecified atom stereocenters. The highest BCUT2D eigenvalue weighted by molar-refractivity contribution is 5.89. The van der Waals surface area contributed by atoms with E-state index in [1.165, 1.54) is 0 Å². The number of benzene rings is 1. The van der Waals surface area contributed by atoms with Gasteiger partial charge in [-0.25, -0.2) is 0 Å². The Hall–Kier alpha value is -2.45. The van der Waals surface area contributed by atoms with E-state index in [1.807, 2.05) is 24.3 Å². The lowest BCUT2D eigenvalue weighted by Gasteiger charge is -2.25. The molecule has 1 atom stereocenters. The van der Waals surface area contributed by atoms with Crippen LogP contribution in [0, 0.1) is 0 Å². The van der Waals surface area contributed by atoms with Gasteiger partial charge >= 0.3 is 0 Å². The number of carbonyl (C=O) groups excluding carboxylic acids is 1. The lowest BCUT2D eigenvalue weighted by molar-refractivity contribution is -0.119. The molecule has 2 aromatic rings. The van der Waals surface area contributed by atoms with Gasteiger partial charge < -0.3 is 21.1 Å². The monoisotopic (exact) mass is 401 g/mol. The lowest BCUT2D eigenvalue weighted by atomic mass is 10.0. The van der Waals surface area contributed by atoms with Crippen LogP contribution >= 0.6 is 24.8 Å². The number of rotatable bonds is 5. The summed E-state index contributed by atoms with van der Waals surface area (Å²) in [5.74, 6) is 1.22. The predicted octanol–water partition coefficient (Wildman–Crippen LogP) is 1.61. The van der Waals surface area contributed by atoms with E-state index < -0.39 is 11.6 Å². The van der Waals surface area contributed by atoms with Gasteiger partial charge in [0.2, 0.25) is 5.95 Å². The summed E-state index contributed by atoms with van der Waals surface area (Å²) in [6, 6.07) is 7.14. The summed E-state index contributed by atoms with van der Waals surface area (Å²) in [4.78, 5) is 30.7. The molecule has 2 heterocycles. The standard InChI is InChI=1S/C16H19N5O3.2ClH/c1-24-10-5-2-9(3-6-10)4-7-12(22)11-8-18-14-13(19-11)15(23)21-16(17)20-14;;/h2-3,5-6,11,19H,4,7-8H2,1H3,(H4,17,18,20,21,23);2*1H. The van der Waals surface area contributed by atoms with E-state index in [-0.39, 0.29) is 42.2 Å². The largest absolute Gasteiger partial charge is 0.497 e. The summed E-state index contributed by atoms with van der Waals surface area (Å²) < 4.78 is 5.11. The van der Waals surface area contributed by atoms with Crippen molar-refractivity contribution in [2.45, 2.75) is 18.9 Å². The first-order valence-electron chi connectivity index (χ1n) is 7.62. The maximum Gasteiger partial charge on any atom is 0.277 e. The van der Waals surface area contributed by atoms with E-state index in [0.717, 1.165) is 11.3 Å². The molecule has 1 aromatic heterocycles. The number of fused-ring (bicyclic) bond motifs is 1. The van der Waals surface area contributed by atoms with Crippen LogP contribution in [0.4, 0.5) is 17.5 Å². The molecule has 0 fully saturated rings. The second-order valence-electron chi connectivity index (χ2n) is 5.57. The van der Waals surface area contributed by atoms with Crippen LogP contribution in [0.2, 0.25) is 0 Å². The molecule has 142 valence electrons. The van der Waals surface area contributed by atoms with Crippen LogP contribution in [-0.2, 0) is 11.2 Å². The molecule has 0 saturated heterocycles. The van der Waals surface area contributed by atoms with E-state index >= 15 is 0 Å². The summed E-state index contributed by atoms with van der Waals surface area (Å²) in [6.45, 7) is 0.365. The number of carbonyl (C=O) groups is 1. The number of hydrogen-bond donors (Lipinski definition) is 4. The molecule has 1 aliphatic rings. The van der Waals surface area contributed by atoms with Crippen LogP contribution in [0.25, 0.3) is 0 Å². The molecular formula is C16H21Cl2N5O3. The number of aryl methyl sites for hydroxylation is 1. The first-order chi connectivity index (χ1) is 11.6. The Morgan fingerprint density at radius 2 is 2.00 bits per heavy atom. The van der Waals surface area contributed by atoms with Crippen LogP contribution in [0.15, 0.2) is 29.1 Å². The molecule has 0 amide bonds. The number of nitrogens with two attached hydrogens (primary N) is 1. The predicted molar refractivity (Wildman–Crippen MR) is 106 cm³/mol. The van der Waals surface area contributed by atoms with Gasteiger partial charge in [0.1, 0.15) is 17.5 Å². The number of anilines is 3. The van der Waals surface area contributed by atoms with E-state index in [1.54, 1.807) is 7.11 Å². The fourth-order valence-corrected chi connectivity index (χ4v) is 2.60. The molecule has 1 aromatic carbocycles. The summed E-state index contributed by atoms with van der Waals surface area (Å²) in [5, 5.41) is 5.93. The van der Waals surface area contributed by atoms with E-state index in [0.29, 0.717) is 25.2 Å². The first-order valence-corrected chi connectivity index (χ1v) is 7.62. The van der Waals surface area contributed by atoms with Gasteiger partial charge in [-0.2, -0.15) is 4.98 Å². The zero-order valence-corrected chi connectivity index (χ0v) is 15.7. The van der Waals surface area contributed by atoms with Gasteiger partial charge in [0.05, 0.1) is 7.11 Å². The molecule has 5 N–H and O–H groups in total. The quantitative estimate of drug-likeness (QED) is 0.599. The molecule has 1 aliphatic heterocycles. The minimum absolute atomic E-state index is 0. The number of nitrogen functional groups attached to an aromatic ring is 1. The molecule has 0 bridgehead atoms. The van der Waals surface area contributed by atoms with Gasteiger partial charge in [-0.3, -0.25) is 14.6 Å². The van der Waals surface area contributed by atoms with Gasteiger partial charge in [0.25, 0.3) is 5.56 Å². The molecule has 8 nitrogen and oxygen atoms in total. The van der Waals surface area contributed by atoms with Crippen LogP contribution in [0.5, 0.6) is 5.75 Å². The van der Waals surface area contributed by atoms with E-state index in [9.17, 15) is 9.59 Å². The average Bonchev–Trinajstić information content (AvgIpc) is 2.59. The summed E-state index contributed by atoms with van der Waals surface area (Å²) in [7, 11) is 1.61. The van der Waals surface area contributed by atoms with Crippen LogP contribution in [0.3, 0.4) is 0 Å². The van der Waals surface area contributed by atoms with Gasteiger partial charge in [0, 0.05) is 13.0 Å². The average molecular weight is 402 g/mol. The fraction of sp³-hybridized carbons (Fsp3) is 0.312. The van der Waals surface area contributed by atoms with Crippen molar-refractivity contribution in [1.82, 2.24) is 9.97 Å². The number of ketones is 1. The highest BCUT2D eigenvalue weighted by Gasteiger charge is 2.26. The molecule has 0 aliphatic carbocycles. The Labute approximate surface area is 162 Å². The smallest absolute Gasteiger partial charge is 0.277 e. The first kappa shape index (κ1) is 21.6. The van der Waals surface area contributed by atoms with Crippen molar-refractivity contribution in [3.63, 3.8) is 0 Å². The summed E-state index contributed by atoms with van der Waals surface area (Å²) in [5.41, 5.74) is 6.41. The maximum absolute atomic E-state index is 12.4. The summed E-state index contributed by atoms with van der Waals surface area (Å²) >= 11 is 0. The number of halogens is 2. The molecule has 3 rings (SSSR count). The molecule has 0 spiro atoms. The molecule has 0 saturated carbocycles. The number of ether oxygens (including phenoxy) is 1. The van der Waals surface area contributed by atoms with Crippen molar-refractivity contribution in [1.29, 1.82) is 0 Å². The Bertz CT molecular complexity index is 811. The molecule has 10 heteroatoms. The zero-order chi connectivity index (χ0) is 17.1. The number of Topliss-reactive ketones (excluding diaryl/α,β-unsaturated/α-hetero) is 1. The Kier molecular flexibility index (Phi) is 7.73. The van der Waals surface area contributed by atoms with Crippen molar-refractivity contribution in [2.24, 2.45) is 0 Å². The second kappa shape index (κ2) is 9.30. The fourth-order valence-electron chi connectivity index (χ4n) is 2.60. The van der Waals surface area contributed by atoms with Crippen LogP contribution in [-0.4, -0.2) is 35.4 Å². The lowest BCUT2D eigenvalue weighted by Crippen LogP contribution is -2.42. The van der Waals surface area contributed by atoms with Gasteiger partial charge in [0.15, 0.2) is 11.6 Å².